The summed E-state index contributed by atoms with van der Waals surface area (Å²) in [7, 11) is 3.40. The third-order valence-corrected chi connectivity index (χ3v) is 2.93. The van der Waals surface area contributed by atoms with E-state index in [0.717, 1.165) is 12.1 Å². The number of hydrogen-bond donors (Lipinski definition) is 1. The lowest BCUT2D eigenvalue weighted by Crippen LogP contribution is -2.42. The molecule has 0 aliphatic heterocycles. The first-order valence-corrected chi connectivity index (χ1v) is 6.15. The van der Waals surface area contributed by atoms with Gasteiger partial charge in [0.2, 0.25) is 5.91 Å². The molecule has 0 saturated carbocycles. The Hall–Kier alpha value is -1.39. The topological polar surface area (TPSA) is 55.6 Å². The molecule has 0 heterocycles. The van der Waals surface area contributed by atoms with Crippen molar-refractivity contribution in [1.82, 2.24) is 0 Å². The van der Waals surface area contributed by atoms with Gasteiger partial charge in [0, 0.05) is 26.5 Å². The number of anilines is 1. The molecule has 0 fully saturated rings. The molecule has 0 spiro atoms. The van der Waals surface area contributed by atoms with Gasteiger partial charge in [-0.2, -0.15) is 0 Å². The molecule has 1 aromatic rings. The van der Waals surface area contributed by atoms with Crippen molar-refractivity contribution in [2.24, 2.45) is 5.73 Å². The van der Waals surface area contributed by atoms with Crippen molar-refractivity contribution in [1.29, 1.82) is 0 Å². The van der Waals surface area contributed by atoms with Gasteiger partial charge >= 0.3 is 0 Å². The van der Waals surface area contributed by atoms with Gasteiger partial charge in [-0.3, -0.25) is 4.79 Å². The molecule has 0 aliphatic carbocycles. The van der Waals surface area contributed by atoms with E-state index in [0.29, 0.717) is 13.0 Å². The van der Waals surface area contributed by atoms with Crippen molar-refractivity contribution >= 4 is 11.6 Å². The highest BCUT2D eigenvalue weighted by atomic mass is 16.5. The zero-order valence-electron chi connectivity index (χ0n) is 11.3. The predicted octanol–water partition coefficient (Wildman–Crippen LogP) is 1.71. The molecule has 1 unspecified atom stereocenters. The van der Waals surface area contributed by atoms with Crippen LogP contribution >= 0.6 is 0 Å². The molecule has 1 atom stereocenters. The molecule has 4 nitrogen and oxygen atoms in total. The minimum Gasteiger partial charge on any atom is -0.385 e. The highest BCUT2D eigenvalue weighted by Gasteiger charge is 2.18. The number of ether oxygens (including phenoxy) is 1. The van der Waals surface area contributed by atoms with Crippen molar-refractivity contribution in [2.45, 2.75) is 25.8 Å². The van der Waals surface area contributed by atoms with Gasteiger partial charge in [-0.25, -0.2) is 0 Å². The van der Waals surface area contributed by atoms with E-state index in [-0.39, 0.29) is 5.91 Å². The Morgan fingerprint density at radius 1 is 1.39 bits per heavy atom. The number of carbonyl (C=O) groups excluding carboxylic acids is 1. The molecule has 2 N–H and O–H groups in total. The highest BCUT2D eigenvalue weighted by molar-refractivity contribution is 5.96. The Bertz CT molecular complexity index is 376. The number of amides is 1. The predicted molar refractivity (Wildman–Crippen MR) is 73.7 cm³/mol. The Kier molecular flexibility index (Phi) is 5.82. The van der Waals surface area contributed by atoms with Crippen molar-refractivity contribution in [3.8, 4) is 0 Å². The molecule has 0 aromatic heterocycles. The maximum atomic E-state index is 12.1. The van der Waals surface area contributed by atoms with Crippen molar-refractivity contribution in [2.75, 3.05) is 25.7 Å². The van der Waals surface area contributed by atoms with Gasteiger partial charge in [0.1, 0.15) is 0 Å². The van der Waals surface area contributed by atoms with Crippen LogP contribution in [0, 0.1) is 6.92 Å². The minimum atomic E-state index is -0.466. The number of rotatable bonds is 6. The molecular formula is C14H22N2O2. The third kappa shape index (κ3) is 4.13. The number of hydrogen-bond acceptors (Lipinski definition) is 3. The summed E-state index contributed by atoms with van der Waals surface area (Å²) >= 11 is 0. The number of nitrogens with two attached hydrogens (primary N) is 1. The second kappa shape index (κ2) is 7.13. The number of benzene rings is 1. The molecule has 100 valence electrons. The van der Waals surface area contributed by atoms with Gasteiger partial charge in [0.25, 0.3) is 0 Å². The fourth-order valence-corrected chi connectivity index (χ4v) is 1.72. The van der Waals surface area contributed by atoms with Crippen LogP contribution in [0.2, 0.25) is 0 Å². The van der Waals surface area contributed by atoms with Crippen LogP contribution in [0.4, 0.5) is 5.69 Å². The SMILES string of the molecule is COCCCC(N)C(=O)N(C)c1ccc(C)cc1. The first-order chi connectivity index (χ1) is 8.56. The molecule has 0 aliphatic rings. The maximum Gasteiger partial charge on any atom is 0.243 e. The summed E-state index contributed by atoms with van der Waals surface area (Å²) < 4.78 is 4.95. The first kappa shape index (κ1) is 14.7. The summed E-state index contributed by atoms with van der Waals surface area (Å²) in [6, 6.07) is 7.35. The number of aryl methyl sites for hydroxylation is 1. The fourth-order valence-electron chi connectivity index (χ4n) is 1.72. The van der Waals surface area contributed by atoms with Crippen LogP contribution in [-0.2, 0) is 9.53 Å². The van der Waals surface area contributed by atoms with Gasteiger partial charge < -0.3 is 15.4 Å². The van der Waals surface area contributed by atoms with Gasteiger partial charge in [-0.1, -0.05) is 17.7 Å². The molecule has 0 bridgehead atoms. The van der Waals surface area contributed by atoms with E-state index >= 15 is 0 Å². The Morgan fingerprint density at radius 3 is 2.56 bits per heavy atom. The molecule has 1 aromatic carbocycles. The Balaban J connectivity index is 2.57. The van der Waals surface area contributed by atoms with Gasteiger partial charge in [0.05, 0.1) is 6.04 Å². The van der Waals surface area contributed by atoms with E-state index in [1.165, 1.54) is 5.56 Å². The zero-order valence-corrected chi connectivity index (χ0v) is 11.3. The third-order valence-electron chi connectivity index (χ3n) is 2.93. The van der Waals surface area contributed by atoms with Crippen molar-refractivity contribution in [3.63, 3.8) is 0 Å². The van der Waals surface area contributed by atoms with Crippen LogP contribution in [-0.4, -0.2) is 32.7 Å². The number of methoxy groups -OCH3 is 1. The van der Waals surface area contributed by atoms with Crippen LogP contribution in [0.15, 0.2) is 24.3 Å². The summed E-state index contributed by atoms with van der Waals surface area (Å²) in [5.74, 6) is -0.0602. The van der Waals surface area contributed by atoms with Crippen LogP contribution in [0.1, 0.15) is 18.4 Å². The van der Waals surface area contributed by atoms with E-state index in [9.17, 15) is 4.79 Å². The van der Waals surface area contributed by atoms with Crippen LogP contribution < -0.4 is 10.6 Å². The normalized spacial score (nSPS) is 12.2. The van der Waals surface area contributed by atoms with Crippen LogP contribution in [0.25, 0.3) is 0 Å². The molecule has 4 heteroatoms. The smallest absolute Gasteiger partial charge is 0.243 e. The number of nitrogens with zero attached hydrogens (tertiary/aromatic N) is 1. The van der Waals surface area contributed by atoms with Gasteiger partial charge in [0.15, 0.2) is 0 Å². The largest absolute Gasteiger partial charge is 0.385 e. The first-order valence-electron chi connectivity index (χ1n) is 6.15. The second-order valence-corrected chi connectivity index (χ2v) is 4.47. The molecule has 18 heavy (non-hydrogen) atoms. The molecule has 0 radical (unpaired) electrons. The standard InChI is InChI=1S/C14H22N2O2/c1-11-6-8-12(9-7-11)16(2)14(17)13(15)5-4-10-18-3/h6-9,13H,4-5,10,15H2,1-3H3. The molecule has 1 rings (SSSR count). The maximum absolute atomic E-state index is 12.1. The van der Waals surface area contributed by atoms with E-state index in [1.807, 2.05) is 31.2 Å². The summed E-state index contributed by atoms with van der Waals surface area (Å²) in [6.45, 7) is 2.65. The number of carbonyl (C=O) groups is 1. The average molecular weight is 250 g/mol. The van der Waals surface area contributed by atoms with E-state index < -0.39 is 6.04 Å². The quantitative estimate of drug-likeness (QED) is 0.782. The Morgan fingerprint density at radius 2 is 2.00 bits per heavy atom. The van der Waals surface area contributed by atoms with Crippen LogP contribution in [0.5, 0.6) is 0 Å². The number of likely N-dealkylation sites (N-methyl/N-ethyl adjacent to an activating group) is 1. The highest BCUT2D eigenvalue weighted by Crippen LogP contribution is 2.14. The summed E-state index contributed by atoms with van der Waals surface area (Å²) in [5.41, 5.74) is 7.92. The van der Waals surface area contributed by atoms with Crippen LogP contribution in [0.3, 0.4) is 0 Å². The van der Waals surface area contributed by atoms with E-state index in [4.69, 9.17) is 10.5 Å². The lowest BCUT2D eigenvalue weighted by molar-refractivity contribution is -0.119. The molecular weight excluding hydrogens is 228 g/mol. The van der Waals surface area contributed by atoms with Gasteiger partial charge in [-0.05, 0) is 31.9 Å². The summed E-state index contributed by atoms with van der Waals surface area (Å²) in [6.07, 6.45) is 1.44. The lowest BCUT2D eigenvalue weighted by Gasteiger charge is -2.21. The van der Waals surface area contributed by atoms with E-state index in [2.05, 4.69) is 0 Å². The van der Waals surface area contributed by atoms with Crippen molar-refractivity contribution in [3.05, 3.63) is 29.8 Å². The summed E-state index contributed by atoms with van der Waals surface area (Å²) in [5, 5.41) is 0. The zero-order chi connectivity index (χ0) is 13.5. The lowest BCUT2D eigenvalue weighted by atomic mass is 10.1. The van der Waals surface area contributed by atoms with Gasteiger partial charge in [-0.15, -0.1) is 0 Å². The van der Waals surface area contributed by atoms with Crippen molar-refractivity contribution < 1.29 is 9.53 Å². The average Bonchev–Trinajstić information content (AvgIpc) is 2.38. The summed E-state index contributed by atoms with van der Waals surface area (Å²) in [4.78, 5) is 13.7. The Labute approximate surface area is 109 Å². The van der Waals surface area contributed by atoms with E-state index in [1.54, 1.807) is 19.1 Å². The fraction of sp³-hybridized carbons (Fsp3) is 0.500. The second-order valence-electron chi connectivity index (χ2n) is 4.47. The molecule has 0 saturated heterocycles. The minimum absolute atomic E-state index is 0.0602. The molecule has 1 amide bonds. The monoisotopic (exact) mass is 250 g/mol.